The largest absolute Gasteiger partial charge is 0.390 e. The Hall–Kier alpha value is -0.820. The fraction of sp³-hybridized carbons (Fsp3) is 0.833. The van der Waals surface area contributed by atoms with Crippen molar-refractivity contribution in [2.45, 2.75) is 51.6 Å². The Morgan fingerprint density at radius 3 is 1.78 bits per heavy atom. The van der Waals surface area contributed by atoms with Crippen molar-refractivity contribution < 1.29 is 30.0 Å². The first-order valence-electron chi connectivity index (χ1n) is 5.85. The van der Waals surface area contributed by atoms with Gasteiger partial charge in [0.15, 0.2) is 11.4 Å². The molecule has 1 aliphatic carbocycles. The van der Waals surface area contributed by atoms with Crippen LogP contribution in [0.2, 0.25) is 0 Å². The van der Waals surface area contributed by atoms with Gasteiger partial charge in [0.2, 0.25) is 5.78 Å². The third kappa shape index (κ3) is 1.89. The van der Waals surface area contributed by atoms with Crippen molar-refractivity contribution in [3.8, 4) is 0 Å². The van der Waals surface area contributed by atoms with Gasteiger partial charge in [-0.05, 0) is 19.8 Å². The summed E-state index contributed by atoms with van der Waals surface area (Å²) in [7, 11) is 0. The molecule has 0 amide bonds. The molecule has 1 aliphatic rings. The maximum atomic E-state index is 11.8. The molecule has 0 heterocycles. The van der Waals surface area contributed by atoms with Crippen molar-refractivity contribution in [1.82, 2.24) is 0 Å². The van der Waals surface area contributed by atoms with E-state index < -0.39 is 40.9 Å². The number of Topliss-reactive ketones (excluding diaryl/α,β-unsaturated/α-hetero) is 2. The molecule has 1 rings (SSSR count). The van der Waals surface area contributed by atoms with Crippen LogP contribution in [0.15, 0.2) is 0 Å². The predicted octanol–water partition coefficient (Wildman–Crippen LogP) is -1.37. The first-order chi connectivity index (χ1) is 7.99. The molecule has 6 nitrogen and oxygen atoms in total. The van der Waals surface area contributed by atoms with E-state index in [1.807, 2.05) is 0 Å². The Bertz CT molecular complexity index is 375. The quantitative estimate of drug-likeness (QED) is 0.454. The molecule has 0 radical (unpaired) electrons. The Kier molecular flexibility index (Phi) is 3.71. The van der Waals surface area contributed by atoms with Crippen LogP contribution in [0.25, 0.3) is 0 Å². The molecule has 6 heteroatoms. The molecule has 18 heavy (non-hydrogen) atoms. The third-order valence-electron chi connectivity index (χ3n) is 3.72. The first kappa shape index (κ1) is 15.2. The van der Waals surface area contributed by atoms with Crippen LogP contribution in [0.4, 0.5) is 0 Å². The fourth-order valence-electron chi connectivity index (χ4n) is 1.97. The zero-order valence-electron chi connectivity index (χ0n) is 10.9. The highest BCUT2D eigenvalue weighted by Crippen LogP contribution is 2.52. The van der Waals surface area contributed by atoms with Gasteiger partial charge in [0.25, 0.3) is 0 Å². The predicted molar refractivity (Wildman–Crippen MR) is 61.6 cm³/mol. The second-order valence-electron chi connectivity index (χ2n) is 5.70. The lowest BCUT2D eigenvalue weighted by Gasteiger charge is -2.26. The Morgan fingerprint density at radius 2 is 1.50 bits per heavy atom. The molecular weight excluding hydrogens is 240 g/mol. The lowest BCUT2D eigenvalue weighted by atomic mass is 9.91. The normalized spacial score (nSPS) is 31.1. The van der Waals surface area contributed by atoms with E-state index in [-0.39, 0.29) is 5.92 Å². The van der Waals surface area contributed by atoms with Gasteiger partial charge in [-0.25, -0.2) is 0 Å². The smallest absolute Gasteiger partial charge is 0.204 e. The summed E-state index contributed by atoms with van der Waals surface area (Å²) in [5, 5.41) is 38.7. The number of aliphatic hydroxyl groups excluding tert-OH is 3. The number of hydrogen-bond donors (Lipinski definition) is 4. The van der Waals surface area contributed by atoms with Crippen LogP contribution < -0.4 is 0 Å². The highest BCUT2D eigenvalue weighted by molar-refractivity contribution is 6.28. The standard InChI is InChI=1S/C12H20O6/c1-5(2)6(13)7(14)8(15)9(16)12(18)10(17)11(12,3)4/h5-8,13-15,18H,1-4H3/t6?,7-,8+,12-/m1/s1. The van der Waals surface area contributed by atoms with Gasteiger partial charge in [0.1, 0.15) is 12.2 Å². The zero-order valence-corrected chi connectivity index (χ0v) is 10.9. The lowest BCUT2D eigenvalue weighted by molar-refractivity contribution is -0.153. The summed E-state index contributed by atoms with van der Waals surface area (Å²) in [4.78, 5) is 23.2. The molecule has 104 valence electrons. The molecule has 0 aromatic rings. The van der Waals surface area contributed by atoms with E-state index in [0.29, 0.717) is 0 Å². The number of hydrogen-bond acceptors (Lipinski definition) is 6. The molecule has 1 saturated carbocycles. The Balaban J connectivity index is 2.84. The van der Waals surface area contributed by atoms with Crippen LogP contribution in [-0.4, -0.2) is 55.9 Å². The maximum Gasteiger partial charge on any atom is 0.204 e. The number of rotatable bonds is 5. The van der Waals surface area contributed by atoms with Crippen molar-refractivity contribution in [3.05, 3.63) is 0 Å². The Labute approximate surface area is 105 Å². The van der Waals surface area contributed by atoms with E-state index >= 15 is 0 Å². The fourth-order valence-corrected chi connectivity index (χ4v) is 1.97. The molecule has 1 fully saturated rings. The van der Waals surface area contributed by atoms with Gasteiger partial charge in [0.05, 0.1) is 11.5 Å². The van der Waals surface area contributed by atoms with E-state index in [2.05, 4.69) is 0 Å². The second kappa shape index (κ2) is 4.38. The van der Waals surface area contributed by atoms with E-state index in [1.165, 1.54) is 13.8 Å². The topological polar surface area (TPSA) is 115 Å². The number of carbonyl (C=O) groups excluding carboxylic acids is 2. The van der Waals surface area contributed by atoms with Gasteiger partial charge in [-0.3, -0.25) is 9.59 Å². The lowest BCUT2D eigenvalue weighted by Crippen LogP contribution is -2.50. The Morgan fingerprint density at radius 1 is 1.11 bits per heavy atom. The van der Waals surface area contributed by atoms with Gasteiger partial charge in [-0.1, -0.05) is 13.8 Å². The van der Waals surface area contributed by atoms with Gasteiger partial charge < -0.3 is 20.4 Å². The van der Waals surface area contributed by atoms with Crippen LogP contribution in [0, 0.1) is 11.3 Å². The average Bonchev–Trinajstić information content (AvgIpc) is 2.70. The van der Waals surface area contributed by atoms with E-state index in [1.54, 1.807) is 13.8 Å². The molecule has 4 atom stereocenters. The summed E-state index contributed by atoms with van der Waals surface area (Å²) in [6, 6.07) is 0. The van der Waals surface area contributed by atoms with Crippen LogP contribution in [-0.2, 0) is 9.59 Å². The molecule has 0 aromatic carbocycles. The molecule has 0 saturated heterocycles. The minimum absolute atomic E-state index is 0.375. The number of aliphatic hydroxyl groups is 4. The van der Waals surface area contributed by atoms with Crippen molar-refractivity contribution in [2.24, 2.45) is 11.3 Å². The molecule has 0 aromatic heterocycles. The van der Waals surface area contributed by atoms with Crippen molar-refractivity contribution in [3.63, 3.8) is 0 Å². The van der Waals surface area contributed by atoms with E-state index in [4.69, 9.17) is 0 Å². The van der Waals surface area contributed by atoms with Crippen LogP contribution in [0.5, 0.6) is 0 Å². The summed E-state index contributed by atoms with van der Waals surface area (Å²) < 4.78 is 0. The van der Waals surface area contributed by atoms with Crippen LogP contribution in [0.3, 0.4) is 0 Å². The first-order valence-corrected chi connectivity index (χ1v) is 5.85. The average molecular weight is 260 g/mol. The SMILES string of the molecule is CC(C)C(O)[C@@H](O)[C@H](O)C(=O)[C@@]1(O)C(=O)C1(C)C. The molecule has 1 unspecified atom stereocenters. The summed E-state index contributed by atoms with van der Waals surface area (Å²) in [6.45, 7) is 5.97. The molecule has 0 bridgehead atoms. The van der Waals surface area contributed by atoms with Gasteiger partial charge in [0, 0.05) is 0 Å². The molecule has 0 spiro atoms. The number of ketones is 2. The van der Waals surface area contributed by atoms with Gasteiger partial charge in [-0.15, -0.1) is 0 Å². The molecule has 0 aliphatic heterocycles. The monoisotopic (exact) mass is 260 g/mol. The van der Waals surface area contributed by atoms with Crippen molar-refractivity contribution >= 4 is 11.6 Å². The second-order valence-corrected chi connectivity index (χ2v) is 5.70. The molecule has 4 N–H and O–H groups in total. The zero-order chi connectivity index (χ0) is 14.5. The summed E-state index contributed by atoms with van der Waals surface area (Å²) in [6.07, 6.45) is -5.03. The summed E-state index contributed by atoms with van der Waals surface area (Å²) in [5.41, 5.74) is -3.52. The summed E-state index contributed by atoms with van der Waals surface area (Å²) >= 11 is 0. The van der Waals surface area contributed by atoms with Gasteiger partial charge in [-0.2, -0.15) is 0 Å². The van der Waals surface area contributed by atoms with E-state index in [0.717, 1.165) is 0 Å². The van der Waals surface area contributed by atoms with E-state index in [9.17, 15) is 30.0 Å². The maximum absolute atomic E-state index is 11.8. The summed E-state index contributed by atoms with van der Waals surface area (Å²) in [5.74, 6) is -2.23. The highest BCUT2D eigenvalue weighted by Gasteiger charge is 2.76. The highest BCUT2D eigenvalue weighted by atomic mass is 16.4. The third-order valence-corrected chi connectivity index (χ3v) is 3.72. The number of carbonyl (C=O) groups is 2. The van der Waals surface area contributed by atoms with Crippen LogP contribution in [0.1, 0.15) is 27.7 Å². The minimum Gasteiger partial charge on any atom is -0.390 e. The van der Waals surface area contributed by atoms with Crippen molar-refractivity contribution in [2.75, 3.05) is 0 Å². The molecular formula is C12H20O6. The van der Waals surface area contributed by atoms with Crippen LogP contribution >= 0.6 is 0 Å². The minimum atomic E-state index is -2.26. The van der Waals surface area contributed by atoms with Gasteiger partial charge >= 0.3 is 0 Å². The van der Waals surface area contributed by atoms with Crippen molar-refractivity contribution in [1.29, 1.82) is 0 Å².